The monoisotopic (exact) mass is 276 g/mol. The molecule has 0 aliphatic rings. The molecule has 0 bridgehead atoms. The number of hydrogen-bond donors (Lipinski definition) is 3. The number of H-pyrrole nitrogens is 2. The molecule has 0 aliphatic carbocycles. The van der Waals surface area contributed by atoms with Gasteiger partial charge in [0.05, 0.1) is 6.61 Å². The molecule has 1 amide bonds. The van der Waals surface area contributed by atoms with Crippen molar-refractivity contribution < 1.29 is 9.53 Å². The third-order valence-electron chi connectivity index (χ3n) is 2.71. The molecule has 106 valence electrons. The highest BCUT2D eigenvalue weighted by Crippen LogP contribution is 2.18. The molecule has 20 heavy (non-hydrogen) atoms. The van der Waals surface area contributed by atoms with Gasteiger partial charge in [0.2, 0.25) is 5.82 Å². The van der Waals surface area contributed by atoms with Gasteiger partial charge in [0.25, 0.3) is 5.91 Å². The molecule has 2 aromatic rings. The number of amides is 1. The number of benzene rings is 1. The van der Waals surface area contributed by atoms with Crippen molar-refractivity contribution in [2.45, 2.75) is 20.4 Å². The molecule has 3 N–H and O–H groups in total. The van der Waals surface area contributed by atoms with Crippen molar-refractivity contribution in [3.05, 3.63) is 45.6 Å². The Morgan fingerprint density at radius 3 is 2.85 bits per heavy atom. The van der Waals surface area contributed by atoms with E-state index in [0.29, 0.717) is 13.2 Å². The number of rotatable bonds is 5. The Bertz CT molecular complexity index is 660. The minimum absolute atomic E-state index is 0.0299. The Labute approximate surface area is 115 Å². The van der Waals surface area contributed by atoms with E-state index in [2.05, 4.69) is 20.5 Å². The first-order chi connectivity index (χ1) is 9.60. The lowest BCUT2D eigenvalue weighted by Crippen LogP contribution is -2.24. The van der Waals surface area contributed by atoms with Gasteiger partial charge in [0.15, 0.2) is 0 Å². The number of carbonyl (C=O) groups excluding carboxylic acids is 1. The van der Waals surface area contributed by atoms with Crippen molar-refractivity contribution >= 4 is 5.91 Å². The zero-order valence-corrected chi connectivity index (χ0v) is 11.3. The van der Waals surface area contributed by atoms with Crippen LogP contribution in [0.4, 0.5) is 0 Å². The predicted molar refractivity (Wildman–Crippen MR) is 72.7 cm³/mol. The fraction of sp³-hybridized carbons (Fsp3) is 0.308. The van der Waals surface area contributed by atoms with Gasteiger partial charge in [-0.2, -0.15) is 0 Å². The van der Waals surface area contributed by atoms with E-state index in [1.165, 1.54) is 0 Å². The average Bonchev–Trinajstić information content (AvgIpc) is 2.86. The number of carbonyl (C=O) groups is 1. The highest BCUT2D eigenvalue weighted by molar-refractivity contribution is 5.90. The van der Waals surface area contributed by atoms with Crippen LogP contribution >= 0.6 is 0 Å². The molecular formula is C13H16N4O3. The van der Waals surface area contributed by atoms with Crippen molar-refractivity contribution in [2.75, 3.05) is 6.61 Å². The van der Waals surface area contributed by atoms with Gasteiger partial charge >= 0.3 is 5.69 Å². The van der Waals surface area contributed by atoms with Crippen molar-refractivity contribution in [3.63, 3.8) is 0 Å². The summed E-state index contributed by atoms with van der Waals surface area (Å²) in [4.78, 5) is 24.8. The Kier molecular flexibility index (Phi) is 4.19. The molecule has 0 atom stereocenters. The number of aryl methyl sites for hydroxylation is 1. The van der Waals surface area contributed by atoms with E-state index in [-0.39, 0.29) is 5.82 Å². The lowest BCUT2D eigenvalue weighted by molar-refractivity contribution is 0.0941. The van der Waals surface area contributed by atoms with Gasteiger partial charge < -0.3 is 10.1 Å². The average molecular weight is 276 g/mol. The molecule has 0 aliphatic heterocycles. The molecule has 1 heterocycles. The molecule has 7 heteroatoms. The van der Waals surface area contributed by atoms with E-state index in [1.54, 1.807) is 0 Å². The van der Waals surface area contributed by atoms with Gasteiger partial charge in [-0.3, -0.25) is 9.78 Å². The molecule has 0 radical (unpaired) electrons. The summed E-state index contributed by atoms with van der Waals surface area (Å²) in [6, 6.07) is 5.70. The number of aromatic nitrogens is 3. The van der Waals surface area contributed by atoms with Crippen LogP contribution in [0.2, 0.25) is 0 Å². The summed E-state index contributed by atoms with van der Waals surface area (Å²) in [6.45, 7) is 4.84. The maximum atomic E-state index is 11.7. The first kappa shape index (κ1) is 13.9. The first-order valence-corrected chi connectivity index (χ1v) is 6.25. The van der Waals surface area contributed by atoms with Crippen LogP contribution in [0.25, 0.3) is 0 Å². The summed E-state index contributed by atoms with van der Waals surface area (Å²) in [7, 11) is 0. The summed E-state index contributed by atoms with van der Waals surface area (Å²) in [6.07, 6.45) is 0. The smallest absolute Gasteiger partial charge is 0.341 e. The van der Waals surface area contributed by atoms with Gasteiger partial charge in [-0.1, -0.05) is 12.1 Å². The topological polar surface area (TPSA) is 99.9 Å². The molecule has 0 fully saturated rings. The van der Waals surface area contributed by atoms with Crippen molar-refractivity contribution in [3.8, 4) is 5.75 Å². The van der Waals surface area contributed by atoms with Crippen LogP contribution in [0, 0.1) is 6.92 Å². The Morgan fingerprint density at radius 2 is 2.25 bits per heavy atom. The highest BCUT2D eigenvalue weighted by atomic mass is 16.5. The van der Waals surface area contributed by atoms with Crippen LogP contribution in [-0.4, -0.2) is 27.7 Å². The van der Waals surface area contributed by atoms with Crippen LogP contribution in [-0.2, 0) is 6.54 Å². The van der Waals surface area contributed by atoms with Crippen molar-refractivity contribution in [1.82, 2.24) is 20.5 Å². The Balaban J connectivity index is 1.99. The summed E-state index contributed by atoms with van der Waals surface area (Å²) < 4.78 is 5.45. The minimum atomic E-state index is -0.507. The van der Waals surface area contributed by atoms with E-state index in [4.69, 9.17) is 4.74 Å². The summed E-state index contributed by atoms with van der Waals surface area (Å²) in [5.74, 6) is 0.367. The quantitative estimate of drug-likeness (QED) is 0.749. The fourth-order valence-electron chi connectivity index (χ4n) is 1.78. The number of hydrogen-bond acceptors (Lipinski definition) is 4. The molecule has 7 nitrogen and oxygen atoms in total. The number of ether oxygens (including phenoxy) is 1. The predicted octanol–water partition coefficient (Wildman–Crippen LogP) is 0.735. The molecule has 0 saturated heterocycles. The normalized spacial score (nSPS) is 10.3. The van der Waals surface area contributed by atoms with Gasteiger partial charge in [0.1, 0.15) is 5.75 Å². The highest BCUT2D eigenvalue weighted by Gasteiger charge is 2.09. The summed E-state index contributed by atoms with van der Waals surface area (Å²) >= 11 is 0. The third kappa shape index (κ3) is 3.25. The largest absolute Gasteiger partial charge is 0.494 e. The van der Waals surface area contributed by atoms with E-state index < -0.39 is 11.6 Å². The van der Waals surface area contributed by atoms with E-state index in [0.717, 1.165) is 16.9 Å². The molecule has 0 spiro atoms. The molecular weight excluding hydrogens is 260 g/mol. The maximum Gasteiger partial charge on any atom is 0.341 e. The zero-order chi connectivity index (χ0) is 14.5. The summed E-state index contributed by atoms with van der Waals surface area (Å²) in [5, 5.41) is 8.37. The number of nitrogens with one attached hydrogen (secondary N) is 3. The molecule has 0 saturated carbocycles. The zero-order valence-electron chi connectivity index (χ0n) is 11.3. The second-order valence-corrected chi connectivity index (χ2v) is 4.24. The van der Waals surface area contributed by atoms with E-state index in [9.17, 15) is 9.59 Å². The number of aromatic amines is 2. The van der Waals surface area contributed by atoms with Gasteiger partial charge in [-0.15, -0.1) is 5.10 Å². The lowest BCUT2D eigenvalue weighted by atomic mass is 10.1. The molecule has 1 aromatic carbocycles. The van der Waals surface area contributed by atoms with Gasteiger partial charge in [0, 0.05) is 6.54 Å². The van der Waals surface area contributed by atoms with Gasteiger partial charge in [-0.25, -0.2) is 9.89 Å². The van der Waals surface area contributed by atoms with Crippen molar-refractivity contribution in [1.29, 1.82) is 0 Å². The number of nitrogens with zero attached hydrogens (tertiary/aromatic N) is 1. The Morgan fingerprint density at radius 1 is 1.45 bits per heavy atom. The van der Waals surface area contributed by atoms with Crippen molar-refractivity contribution in [2.24, 2.45) is 0 Å². The van der Waals surface area contributed by atoms with Crippen LogP contribution in [0.15, 0.2) is 23.0 Å². The fourth-order valence-corrected chi connectivity index (χ4v) is 1.78. The standard InChI is InChI=1S/C13H16N4O3/c1-3-20-10-5-4-9(6-8(10)2)7-14-12(18)11-15-13(19)17-16-11/h4-6H,3,7H2,1-2H3,(H,14,18)(H2,15,16,17,19). The lowest BCUT2D eigenvalue weighted by Gasteiger charge is -2.09. The van der Waals surface area contributed by atoms with Crippen LogP contribution < -0.4 is 15.7 Å². The third-order valence-corrected chi connectivity index (χ3v) is 2.71. The molecule has 0 unspecified atom stereocenters. The van der Waals surface area contributed by atoms with Gasteiger partial charge in [-0.05, 0) is 31.0 Å². The summed E-state index contributed by atoms with van der Waals surface area (Å²) in [5.41, 5.74) is 1.44. The van der Waals surface area contributed by atoms with Crippen LogP contribution in [0.5, 0.6) is 5.75 Å². The first-order valence-electron chi connectivity index (χ1n) is 6.25. The Hall–Kier alpha value is -2.57. The molecule has 1 aromatic heterocycles. The second-order valence-electron chi connectivity index (χ2n) is 4.24. The molecule has 2 rings (SSSR count). The van der Waals surface area contributed by atoms with Crippen LogP contribution in [0.3, 0.4) is 0 Å². The van der Waals surface area contributed by atoms with Crippen LogP contribution in [0.1, 0.15) is 28.7 Å². The maximum absolute atomic E-state index is 11.7. The van der Waals surface area contributed by atoms with E-state index >= 15 is 0 Å². The SMILES string of the molecule is CCOc1ccc(CNC(=O)c2n[nH]c(=O)[nH]2)cc1C. The second kappa shape index (κ2) is 6.05. The van der Waals surface area contributed by atoms with E-state index in [1.807, 2.05) is 32.0 Å². The minimum Gasteiger partial charge on any atom is -0.494 e.